The van der Waals surface area contributed by atoms with Crippen molar-refractivity contribution in [3.63, 3.8) is 0 Å². The van der Waals surface area contributed by atoms with Gasteiger partial charge < -0.3 is 10.6 Å². The molecule has 144 valence electrons. The number of aliphatic imine (C=N–C) groups is 1. The summed E-state index contributed by atoms with van der Waals surface area (Å²) in [7, 11) is -1.23. The molecule has 1 rings (SSSR count). The Labute approximate surface area is 174 Å². The molecule has 0 fully saturated rings. The highest BCUT2D eigenvalue weighted by Gasteiger charge is 2.12. The number of guanidine groups is 1. The standard InChI is InChI=1S/C17H28ClN3O2S.HI/c1-5-14(15-6-8-16(18)9-7-15)12-20-17(19-3)21-13(2)10-11-24(4,22)23;/h6-9,13-14H,5,10-12H2,1-4H3,(H2,19,20,21);1H. The molecule has 2 unspecified atom stereocenters. The molecule has 0 aliphatic carbocycles. The SMILES string of the molecule is CCC(CNC(=NC)NC(C)CCS(C)(=O)=O)c1ccc(Cl)cc1.I. The number of rotatable bonds is 8. The first-order chi connectivity index (χ1) is 11.2. The molecule has 0 amide bonds. The van der Waals surface area contributed by atoms with E-state index in [4.69, 9.17) is 11.6 Å². The second kappa shape index (κ2) is 12.0. The molecule has 5 nitrogen and oxygen atoms in total. The predicted octanol–water partition coefficient (Wildman–Crippen LogP) is 3.44. The van der Waals surface area contributed by atoms with Crippen LogP contribution in [0.2, 0.25) is 5.02 Å². The molecule has 1 aromatic carbocycles. The van der Waals surface area contributed by atoms with E-state index < -0.39 is 9.84 Å². The summed E-state index contributed by atoms with van der Waals surface area (Å²) in [5.41, 5.74) is 1.23. The van der Waals surface area contributed by atoms with Gasteiger partial charge in [0.25, 0.3) is 0 Å². The molecular formula is C17H29ClIN3O2S. The number of hydrogen-bond donors (Lipinski definition) is 2. The third-order valence-corrected chi connectivity index (χ3v) is 5.11. The summed E-state index contributed by atoms with van der Waals surface area (Å²) in [6, 6.07) is 7.92. The van der Waals surface area contributed by atoms with Crippen LogP contribution in [0.4, 0.5) is 0 Å². The van der Waals surface area contributed by atoms with Crippen molar-refractivity contribution in [1.29, 1.82) is 0 Å². The number of hydrogen-bond acceptors (Lipinski definition) is 3. The highest BCUT2D eigenvalue weighted by molar-refractivity contribution is 14.0. The Morgan fingerprint density at radius 3 is 2.36 bits per heavy atom. The molecule has 0 heterocycles. The van der Waals surface area contributed by atoms with Gasteiger partial charge in [-0.2, -0.15) is 0 Å². The first kappa shape index (κ1) is 24.5. The van der Waals surface area contributed by atoms with E-state index in [9.17, 15) is 8.42 Å². The van der Waals surface area contributed by atoms with Crippen molar-refractivity contribution in [2.45, 2.75) is 38.6 Å². The second-order valence-electron chi connectivity index (χ2n) is 6.07. The minimum atomic E-state index is -2.94. The summed E-state index contributed by atoms with van der Waals surface area (Å²) < 4.78 is 22.5. The third-order valence-electron chi connectivity index (χ3n) is 3.88. The first-order valence-corrected chi connectivity index (χ1v) is 10.6. The van der Waals surface area contributed by atoms with Gasteiger partial charge in [-0.05, 0) is 37.5 Å². The van der Waals surface area contributed by atoms with Crippen LogP contribution in [0, 0.1) is 0 Å². The molecule has 2 atom stereocenters. The lowest BCUT2D eigenvalue weighted by Gasteiger charge is -2.21. The van der Waals surface area contributed by atoms with Gasteiger partial charge >= 0.3 is 0 Å². The number of nitrogens with zero attached hydrogens (tertiary/aromatic N) is 1. The van der Waals surface area contributed by atoms with Crippen molar-refractivity contribution < 1.29 is 8.42 Å². The normalized spacial score (nSPS) is 14.4. The molecule has 0 aliphatic heterocycles. The van der Waals surface area contributed by atoms with Crippen molar-refractivity contribution in [1.82, 2.24) is 10.6 Å². The molecule has 0 aromatic heterocycles. The Morgan fingerprint density at radius 1 is 1.28 bits per heavy atom. The van der Waals surface area contributed by atoms with Crippen LogP contribution in [0.5, 0.6) is 0 Å². The molecule has 0 aliphatic rings. The van der Waals surface area contributed by atoms with Crippen LogP contribution in [-0.2, 0) is 9.84 Å². The summed E-state index contributed by atoms with van der Waals surface area (Å²) >= 11 is 5.94. The molecule has 0 radical (unpaired) electrons. The van der Waals surface area contributed by atoms with Crippen LogP contribution in [0.1, 0.15) is 38.2 Å². The molecule has 8 heteroatoms. The largest absolute Gasteiger partial charge is 0.356 e. The fourth-order valence-electron chi connectivity index (χ4n) is 2.34. The van der Waals surface area contributed by atoms with Crippen LogP contribution >= 0.6 is 35.6 Å². The first-order valence-electron chi connectivity index (χ1n) is 8.15. The lowest BCUT2D eigenvalue weighted by molar-refractivity contribution is 0.576. The van der Waals surface area contributed by atoms with E-state index in [-0.39, 0.29) is 35.8 Å². The summed E-state index contributed by atoms with van der Waals surface area (Å²) in [5.74, 6) is 1.20. The Morgan fingerprint density at radius 2 is 1.88 bits per heavy atom. The van der Waals surface area contributed by atoms with Crippen molar-refractivity contribution in [2.75, 3.05) is 25.6 Å². The Hall–Kier alpha value is -0.540. The van der Waals surface area contributed by atoms with Crippen molar-refractivity contribution in [3.05, 3.63) is 34.9 Å². The van der Waals surface area contributed by atoms with Gasteiger partial charge in [0.1, 0.15) is 9.84 Å². The van der Waals surface area contributed by atoms with Crippen LogP contribution < -0.4 is 10.6 Å². The summed E-state index contributed by atoms with van der Waals surface area (Å²) in [6.45, 7) is 4.84. The maximum absolute atomic E-state index is 11.2. The van der Waals surface area contributed by atoms with E-state index in [1.807, 2.05) is 31.2 Å². The fourth-order valence-corrected chi connectivity index (χ4v) is 3.25. The molecule has 1 aromatic rings. The average Bonchev–Trinajstić information content (AvgIpc) is 2.53. The highest BCUT2D eigenvalue weighted by Crippen LogP contribution is 2.20. The van der Waals surface area contributed by atoms with Crippen LogP contribution in [0.25, 0.3) is 0 Å². The predicted molar refractivity (Wildman–Crippen MR) is 118 cm³/mol. The van der Waals surface area contributed by atoms with E-state index in [2.05, 4.69) is 22.5 Å². The van der Waals surface area contributed by atoms with Crippen molar-refractivity contribution >= 4 is 51.4 Å². The number of benzene rings is 1. The zero-order valence-corrected chi connectivity index (χ0v) is 19.2. The van der Waals surface area contributed by atoms with E-state index in [0.717, 1.165) is 18.0 Å². The summed E-state index contributed by atoms with van der Waals surface area (Å²) in [4.78, 5) is 4.21. The lowest BCUT2D eigenvalue weighted by atomic mass is 9.96. The molecule has 2 N–H and O–H groups in total. The Kier molecular flexibility index (Phi) is 11.7. The highest BCUT2D eigenvalue weighted by atomic mass is 127. The van der Waals surface area contributed by atoms with Gasteiger partial charge in [-0.3, -0.25) is 4.99 Å². The maximum Gasteiger partial charge on any atom is 0.191 e. The van der Waals surface area contributed by atoms with Crippen molar-refractivity contribution in [2.24, 2.45) is 4.99 Å². The zero-order valence-electron chi connectivity index (χ0n) is 15.3. The lowest BCUT2D eigenvalue weighted by Crippen LogP contribution is -2.44. The summed E-state index contributed by atoms with van der Waals surface area (Å²) in [5, 5.41) is 7.29. The van der Waals surface area contributed by atoms with Gasteiger partial charge in [0, 0.05) is 36.8 Å². The maximum atomic E-state index is 11.2. The van der Waals surface area contributed by atoms with Gasteiger partial charge in [-0.15, -0.1) is 24.0 Å². The molecule has 0 saturated heterocycles. The van der Waals surface area contributed by atoms with Crippen LogP contribution in [0.3, 0.4) is 0 Å². The van der Waals surface area contributed by atoms with Gasteiger partial charge in [0.2, 0.25) is 0 Å². The van der Waals surface area contributed by atoms with Gasteiger partial charge in [-0.1, -0.05) is 30.7 Å². The van der Waals surface area contributed by atoms with Gasteiger partial charge in [-0.25, -0.2) is 8.42 Å². The van der Waals surface area contributed by atoms with E-state index in [1.165, 1.54) is 11.8 Å². The van der Waals surface area contributed by atoms with E-state index in [1.54, 1.807) is 7.05 Å². The van der Waals surface area contributed by atoms with Gasteiger partial charge in [0.05, 0.1) is 5.75 Å². The molecule has 0 spiro atoms. The Balaban J connectivity index is 0.00000576. The zero-order chi connectivity index (χ0) is 18.2. The molecular weight excluding hydrogens is 473 g/mol. The fraction of sp³-hybridized carbons (Fsp3) is 0.588. The van der Waals surface area contributed by atoms with E-state index in [0.29, 0.717) is 18.3 Å². The molecule has 0 bridgehead atoms. The quantitative estimate of drug-likeness (QED) is 0.325. The van der Waals surface area contributed by atoms with Crippen LogP contribution in [0.15, 0.2) is 29.3 Å². The van der Waals surface area contributed by atoms with Crippen molar-refractivity contribution in [3.8, 4) is 0 Å². The van der Waals surface area contributed by atoms with E-state index >= 15 is 0 Å². The Bertz CT molecular complexity index is 636. The second-order valence-corrected chi connectivity index (χ2v) is 8.77. The summed E-state index contributed by atoms with van der Waals surface area (Å²) in [6.07, 6.45) is 2.80. The number of nitrogens with one attached hydrogen (secondary N) is 2. The smallest absolute Gasteiger partial charge is 0.191 e. The average molecular weight is 502 g/mol. The number of sulfone groups is 1. The minimum Gasteiger partial charge on any atom is -0.356 e. The monoisotopic (exact) mass is 501 g/mol. The molecule has 25 heavy (non-hydrogen) atoms. The van der Waals surface area contributed by atoms with Crippen LogP contribution in [-0.4, -0.2) is 46.0 Å². The van der Waals surface area contributed by atoms with Gasteiger partial charge in [0.15, 0.2) is 5.96 Å². The molecule has 0 saturated carbocycles. The minimum absolute atomic E-state index is 0. The third kappa shape index (κ3) is 10.3. The number of halogens is 2. The topological polar surface area (TPSA) is 70.6 Å².